The molecule has 0 radical (unpaired) electrons. The molecule has 1 fully saturated rings. The first-order valence-corrected chi connectivity index (χ1v) is 15.3. The van der Waals surface area contributed by atoms with Crippen LogP contribution in [0.25, 0.3) is 0 Å². The van der Waals surface area contributed by atoms with Crippen LogP contribution in [0.5, 0.6) is 11.5 Å². The summed E-state index contributed by atoms with van der Waals surface area (Å²) in [6, 6.07) is 26.6. The smallest absolute Gasteiger partial charge is 0.311 e. The third-order valence-electron chi connectivity index (χ3n) is 8.64. The number of carbonyl (C=O) groups is 3. The second-order valence-corrected chi connectivity index (χ2v) is 11.4. The number of ether oxygens (including phenoxy) is 3. The van der Waals surface area contributed by atoms with Gasteiger partial charge in [-0.25, -0.2) is 0 Å². The molecule has 0 bridgehead atoms. The van der Waals surface area contributed by atoms with Gasteiger partial charge in [0.1, 0.15) is 0 Å². The van der Waals surface area contributed by atoms with Crippen molar-refractivity contribution in [1.82, 2.24) is 9.47 Å². The first-order valence-electron chi connectivity index (χ1n) is 15.3. The molecule has 0 spiro atoms. The van der Waals surface area contributed by atoms with E-state index in [-0.39, 0.29) is 24.7 Å². The zero-order valence-corrected chi connectivity index (χ0v) is 26.3. The lowest BCUT2D eigenvalue weighted by molar-refractivity contribution is -0.156. The van der Waals surface area contributed by atoms with Crippen molar-refractivity contribution in [2.75, 3.05) is 20.8 Å². The van der Waals surface area contributed by atoms with E-state index < -0.39 is 17.9 Å². The van der Waals surface area contributed by atoms with Crippen molar-refractivity contribution in [2.24, 2.45) is 5.92 Å². The molecule has 0 N–H and O–H groups in total. The molecule has 8 heteroatoms. The molecule has 45 heavy (non-hydrogen) atoms. The lowest BCUT2D eigenvalue weighted by Gasteiger charge is -2.40. The Morgan fingerprint density at radius 2 is 1.53 bits per heavy atom. The van der Waals surface area contributed by atoms with Crippen molar-refractivity contribution in [1.29, 1.82) is 0 Å². The van der Waals surface area contributed by atoms with E-state index in [1.165, 1.54) is 0 Å². The number of methoxy groups -OCH3 is 2. The third-order valence-corrected chi connectivity index (χ3v) is 8.64. The summed E-state index contributed by atoms with van der Waals surface area (Å²) in [5.74, 6) is 0.0384. The van der Waals surface area contributed by atoms with Gasteiger partial charge in [-0.2, -0.15) is 0 Å². The fourth-order valence-corrected chi connectivity index (χ4v) is 6.25. The predicted molar refractivity (Wildman–Crippen MR) is 171 cm³/mol. The molecular weight excluding hydrogens is 568 g/mol. The maximum Gasteiger partial charge on any atom is 0.311 e. The van der Waals surface area contributed by atoms with E-state index in [9.17, 15) is 14.4 Å². The van der Waals surface area contributed by atoms with Crippen LogP contribution in [0.4, 0.5) is 0 Å². The van der Waals surface area contributed by atoms with Crippen LogP contribution < -0.4 is 9.47 Å². The van der Waals surface area contributed by atoms with Crippen molar-refractivity contribution in [3.05, 3.63) is 119 Å². The van der Waals surface area contributed by atoms with Gasteiger partial charge in [0, 0.05) is 36.5 Å². The van der Waals surface area contributed by atoms with E-state index >= 15 is 0 Å². The maximum absolute atomic E-state index is 13.6. The zero-order valence-electron chi connectivity index (χ0n) is 26.3. The van der Waals surface area contributed by atoms with Crippen molar-refractivity contribution >= 4 is 17.7 Å². The fourth-order valence-electron chi connectivity index (χ4n) is 6.25. The van der Waals surface area contributed by atoms with Gasteiger partial charge >= 0.3 is 5.97 Å². The van der Waals surface area contributed by atoms with Crippen LogP contribution >= 0.6 is 0 Å². The summed E-state index contributed by atoms with van der Waals surface area (Å²) < 4.78 is 18.6. The minimum Gasteiger partial charge on any atom is -0.493 e. The Balaban J connectivity index is 1.28. The Morgan fingerprint density at radius 1 is 0.844 bits per heavy atom. The van der Waals surface area contributed by atoms with Gasteiger partial charge in [-0.1, -0.05) is 66.7 Å². The van der Waals surface area contributed by atoms with E-state index in [2.05, 4.69) is 4.57 Å². The van der Waals surface area contributed by atoms with E-state index in [0.717, 1.165) is 34.5 Å². The molecule has 8 nitrogen and oxygen atoms in total. The Bertz CT molecular complexity index is 1650. The number of piperidine rings is 1. The number of rotatable bonds is 12. The highest BCUT2D eigenvalue weighted by Crippen LogP contribution is 2.38. The lowest BCUT2D eigenvalue weighted by Crippen LogP contribution is -2.45. The number of esters is 1. The van der Waals surface area contributed by atoms with Gasteiger partial charge in [0.25, 0.3) is 0 Å². The fraction of sp³-hybridized carbons (Fsp3) is 0.324. The Labute approximate surface area is 264 Å². The van der Waals surface area contributed by atoms with E-state index in [1.54, 1.807) is 19.1 Å². The molecule has 4 aromatic rings. The number of carbonyl (C=O) groups excluding carboxylic acids is 3. The van der Waals surface area contributed by atoms with Gasteiger partial charge in [-0.05, 0) is 61.6 Å². The summed E-state index contributed by atoms with van der Waals surface area (Å²) >= 11 is 0. The summed E-state index contributed by atoms with van der Waals surface area (Å²) in [7, 11) is 3.22. The molecule has 0 aliphatic carbocycles. The van der Waals surface area contributed by atoms with Gasteiger partial charge in [0.15, 0.2) is 18.1 Å². The van der Waals surface area contributed by atoms with Crippen LogP contribution in [-0.4, -0.2) is 48.0 Å². The van der Waals surface area contributed by atoms with Gasteiger partial charge in [0.2, 0.25) is 11.7 Å². The van der Waals surface area contributed by atoms with E-state index in [1.807, 2.05) is 98.8 Å². The van der Waals surface area contributed by atoms with Gasteiger partial charge < -0.3 is 23.7 Å². The largest absolute Gasteiger partial charge is 0.493 e. The monoisotopic (exact) mass is 608 g/mol. The SMILES string of the molecule is COc1ccc(CCn2c(C)cc(C(=O)COC(=O)C3CCC(=O)N(Cc4ccccc4)C3c3ccccc3)c2C)cc1OC. The maximum atomic E-state index is 13.6. The molecule has 1 aliphatic heterocycles. The third kappa shape index (κ3) is 7.11. The first kappa shape index (κ1) is 31.6. The summed E-state index contributed by atoms with van der Waals surface area (Å²) in [5, 5.41) is 0. The van der Waals surface area contributed by atoms with Crippen molar-refractivity contribution in [3.8, 4) is 11.5 Å². The highest BCUT2D eigenvalue weighted by atomic mass is 16.5. The Hall–Kier alpha value is -4.85. The van der Waals surface area contributed by atoms with Crippen molar-refractivity contribution in [2.45, 2.75) is 52.2 Å². The predicted octanol–water partition coefficient (Wildman–Crippen LogP) is 6.27. The standard InChI is InChI=1S/C37H40N2O6/c1-25-21-31(26(2)38(25)20-19-27-15-17-33(43-3)34(22-27)44-4)32(40)24-45-37(42)30-16-18-35(41)39(23-28-11-7-5-8-12-28)36(30)29-13-9-6-10-14-29/h5-15,17,21-22,30,36H,16,18-20,23-24H2,1-4H3. The Morgan fingerprint density at radius 3 is 2.22 bits per heavy atom. The van der Waals surface area contributed by atoms with Crippen molar-refractivity contribution in [3.63, 3.8) is 0 Å². The van der Waals surface area contributed by atoms with E-state index in [0.29, 0.717) is 36.6 Å². The van der Waals surface area contributed by atoms with Crippen LogP contribution in [0.2, 0.25) is 0 Å². The molecule has 5 rings (SSSR count). The molecule has 0 saturated carbocycles. The number of amides is 1. The van der Waals surface area contributed by atoms with Crippen LogP contribution in [0, 0.1) is 19.8 Å². The average Bonchev–Trinajstić information content (AvgIpc) is 3.36. The normalized spacial score (nSPS) is 16.4. The topological polar surface area (TPSA) is 87.1 Å². The molecule has 2 unspecified atom stereocenters. The van der Waals surface area contributed by atoms with Gasteiger partial charge in [-0.3, -0.25) is 14.4 Å². The van der Waals surface area contributed by atoms with Crippen LogP contribution in [0.15, 0.2) is 84.9 Å². The quantitative estimate of drug-likeness (QED) is 0.139. The van der Waals surface area contributed by atoms with Crippen LogP contribution in [-0.2, 0) is 33.8 Å². The summed E-state index contributed by atoms with van der Waals surface area (Å²) in [5.41, 5.74) is 5.26. The zero-order chi connectivity index (χ0) is 31.9. The molecule has 234 valence electrons. The first-order chi connectivity index (χ1) is 21.8. The van der Waals surface area contributed by atoms with Gasteiger partial charge in [-0.15, -0.1) is 0 Å². The molecule has 2 atom stereocenters. The summed E-state index contributed by atoms with van der Waals surface area (Å²) in [4.78, 5) is 41.9. The minimum absolute atomic E-state index is 0.00615. The second-order valence-electron chi connectivity index (χ2n) is 11.4. The number of hydrogen-bond acceptors (Lipinski definition) is 6. The molecule has 1 amide bonds. The van der Waals surface area contributed by atoms with Crippen molar-refractivity contribution < 1.29 is 28.6 Å². The number of nitrogens with zero attached hydrogens (tertiary/aromatic N) is 2. The number of benzene rings is 3. The number of Topliss-reactive ketones (excluding diaryl/α,β-unsaturated/α-hetero) is 1. The summed E-state index contributed by atoms with van der Waals surface area (Å²) in [6.45, 7) is 4.58. The number of aryl methyl sites for hydroxylation is 2. The number of aromatic nitrogens is 1. The van der Waals surface area contributed by atoms with Gasteiger partial charge in [0.05, 0.1) is 26.2 Å². The lowest BCUT2D eigenvalue weighted by atomic mass is 9.84. The second kappa shape index (κ2) is 14.3. The molecule has 2 heterocycles. The molecule has 3 aromatic carbocycles. The molecule has 1 aliphatic rings. The van der Waals surface area contributed by atoms with E-state index in [4.69, 9.17) is 14.2 Å². The van der Waals surface area contributed by atoms with Crippen LogP contribution in [0.1, 0.15) is 57.3 Å². The Kier molecular flexibility index (Phi) is 10.0. The number of hydrogen-bond donors (Lipinski definition) is 0. The average molecular weight is 609 g/mol. The number of likely N-dealkylation sites (tertiary alicyclic amines) is 1. The highest BCUT2D eigenvalue weighted by molar-refractivity contribution is 5.99. The highest BCUT2D eigenvalue weighted by Gasteiger charge is 2.41. The molecule has 1 aromatic heterocycles. The van der Waals surface area contributed by atoms with Crippen LogP contribution in [0.3, 0.4) is 0 Å². The number of ketones is 1. The minimum atomic E-state index is -0.587. The molecular formula is C37H40N2O6. The molecule has 1 saturated heterocycles. The summed E-state index contributed by atoms with van der Waals surface area (Å²) in [6.07, 6.45) is 1.34.